The fraction of sp³-hybridized carbons (Fsp3) is 0.778. The van der Waals surface area contributed by atoms with Crippen molar-refractivity contribution in [1.82, 2.24) is 5.32 Å². The Morgan fingerprint density at radius 3 is 2.67 bits per heavy atom. The number of amides is 1. The van der Waals surface area contributed by atoms with Crippen molar-refractivity contribution < 1.29 is 19.4 Å². The summed E-state index contributed by atoms with van der Waals surface area (Å²) in [5.41, 5.74) is 0. The summed E-state index contributed by atoms with van der Waals surface area (Å²) in [6.07, 6.45) is 0.998. The molecule has 0 bridgehead atoms. The molecule has 0 spiro atoms. The molecular formula is C9H17NO4S. The second-order valence-corrected chi connectivity index (χ2v) is 4.07. The first kappa shape index (κ1) is 14.2. The predicted octanol–water partition coefficient (Wildman–Crippen LogP) is 0.345. The summed E-state index contributed by atoms with van der Waals surface area (Å²) >= 11 is 1.49. The molecule has 5 nitrogen and oxygen atoms in total. The lowest BCUT2D eigenvalue weighted by Gasteiger charge is -2.12. The fourth-order valence-electron chi connectivity index (χ4n) is 0.887. The second-order valence-electron chi connectivity index (χ2n) is 2.97. The Labute approximate surface area is 93.6 Å². The number of methoxy groups -OCH3 is 1. The van der Waals surface area contributed by atoms with Gasteiger partial charge in [-0.05, 0) is 12.2 Å². The molecule has 6 heteroatoms. The van der Waals surface area contributed by atoms with E-state index in [0.717, 1.165) is 12.2 Å². The van der Waals surface area contributed by atoms with Crippen molar-refractivity contribution in [2.75, 3.05) is 25.2 Å². The van der Waals surface area contributed by atoms with Crippen molar-refractivity contribution in [3.63, 3.8) is 0 Å². The van der Waals surface area contributed by atoms with E-state index in [0.29, 0.717) is 5.75 Å². The Morgan fingerprint density at radius 2 is 2.20 bits per heavy atom. The predicted molar refractivity (Wildman–Crippen MR) is 59.1 cm³/mol. The van der Waals surface area contributed by atoms with Crippen LogP contribution in [0, 0.1) is 0 Å². The number of aliphatic carboxylic acids is 1. The molecule has 2 N–H and O–H groups in total. The van der Waals surface area contributed by atoms with Crippen LogP contribution in [0.1, 0.15) is 13.3 Å². The summed E-state index contributed by atoms with van der Waals surface area (Å²) in [4.78, 5) is 21.9. The minimum atomic E-state index is -1.08. The van der Waals surface area contributed by atoms with E-state index in [1.165, 1.54) is 18.9 Å². The molecule has 0 heterocycles. The molecule has 0 aliphatic carbocycles. The average molecular weight is 235 g/mol. The van der Waals surface area contributed by atoms with Gasteiger partial charge in [0.2, 0.25) is 5.91 Å². The van der Waals surface area contributed by atoms with Crippen LogP contribution in [0.3, 0.4) is 0 Å². The summed E-state index contributed by atoms with van der Waals surface area (Å²) < 4.78 is 4.69. The number of rotatable bonds is 8. The largest absolute Gasteiger partial charge is 0.480 e. The Morgan fingerprint density at radius 1 is 1.53 bits per heavy atom. The number of carboxylic acid groups (broad SMARTS) is 1. The zero-order valence-corrected chi connectivity index (χ0v) is 9.80. The van der Waals surface area contributed by atoms with Crippen LogP contribution in [0.4, 0.5) is 0 Å². The SMILES string of the molecule is CCCSCC(=O)NC(COC)C(=O)O. The smallest absolute Gasteiger partial charge is 0.328 e. The number of nitrogens with one attached hydrogen (secondary N) is 1. The van der Waals surface area contributed by atoms with Crippen LogP contribution in [0.5, 0.6) is 0 Å². The van der Waals surface area contributed by atoms with Gasteiger partial charge in [-0.25, -0.2) is 4.79 Å². The highest BCUT2D eigenvalue weighted by Crippen LogP contribution is 2.01. The van der Waals surface area contributed by atoms with Gasteiger partial charge in [-0.15, -0.1) is 0 Å². The van der Waals surface area contributed by atoms with Crippen molar-refractivity contribution in [2.24, 2.45) is 0 Å². The van der Waals surface area contributed by atoms with E-state index in [1.807, 2.05) is 6.92 Å². The van der Waals surface area contributed by atoms with Gasteiger partial charge >= 0.3 is 5.97 Å². The summed E-state index contributed by atoms with van der Waals surface area (Å²) in [6, 6.07) is -0.954. The summed E-state index contributed by atoms with van der Waals surface area (Å²) in [5, 5.41) is 11.1. The number of hydrogen-bond donors (Lipinski definition) is 2. The third-order valence-electron chi connectivity index (χ3n) is 1.55. The quantitative estimate of drug-likeness (QED) is 0.594. The number of carbonyl (C=O) groups is 2. The normalized spacial score (nSPS) is 12.1. The number of thioether (sulfide) groups is 1. The maximum absolute atomic E-state index is 11.3. The molecule has 1 amide bonds. The molecule has 1 unspecified atom stereocenters. The maximum Gasteiger partial charge on any atom is 0.328 e. The van der Waals surface area contributed by atoms with Gasteiger partial charge < -0.3 is 15.2 Å². The molecule has 0 fully saturated rings. The van der Waals surface area contributed by atoms with E-state index in [1.54, 1.807) is 0 Å². The molecular weight excluding hydrogens is 218 g/mol. The monoisotopic (exact) mass is 235 g/mol. The van der Waals surface area contributed by atoms with Gasteiger partial charge in [0, 0.05) is 7.11 Å². The van der Waals surface area contributed by atoms with Crippen LogP contribution in [0.2, 0.25) is 0 Å². The Hall–Kier alpha value is -0.750. The zero-order chi connectivity index (χ0) is 11.7. The van der Waals surface area contributed by atoms with Crippen LogP contribution in [-0.4, -0.2) is 48.2 Å². The minimum absolute atomic E-state index is 0.0144. The molecule has 0 saturated heterocycles. The van der Waals surface area contributed by atoms with Gasteiger partial charge in [0.25, 0.3) is 0 Å². The van der Waals surface area contributed by atoms with Crippen LogP contribution in [0.15, 0.2) is 0 Å². The van der Waals surface area contributed by atoms with E-state index >= 15 is 0 Å². The topological polar surface area (TPSA) is 75.6 Å². The lowest BCUT2D eigenvalue weighted by Crippen LogP contribution is -2.44. The van der Waals surface area contributed by atoms with Crippen LogP contribution >= 0.6 is 11.8 Å². The standard InChI is InChI=1S/C9H17NO4S/c1-3-4-15-6-8(11)10-7(5-14-2)9(12)13/h7H,3-6H2,1-2H3,(H,10,11)(H,12,13). The summed E-state index contributed by atoms with van der Waals surface area (Å²) in [6.45, 7) is 2.01. The van der Waals surface area contributed by atoms with Crippen molar-refractivity contribution in [1.29, 1.82) is 0 Å². The molecule has 0 aromatic heterocycles. The molecule has 0 aromatic carbocycles. The highest BCUT2D eigenvalue weighted by atomic mass is 32.2. The highest BCUT2D eigenvalue weighted by Gasteiger charge is 2.19. The summed E-state index contributed by atoms with van der Waals surface area (Å²) in [5.74, 6) is -0.153. The van der Waals surface area contributed by atoms with Crippen molar-refractivity contribution >= 4 is 23.6 Å². The Bertz CT molecular complexity index is 210. The van der Waals surface area contributed by atoms with E-state index in [4.69, 9.17) is 5.11 Å². The van der Waals surface area contributed by atoms with Gasteiger partial charge in [-0.1, -0.05) is 6.92 Å². The molecule has 0 aliphatic heterocycles. The van der Waals surface area contributed by atoms with Crippen LogP contribution in [-0.2, 0) is 14.3 Å². The van der Waals surface area contributed by atoms with Gasteiger partial charge in [0.05, 0.1) is 12.4 Å². The van der Waals surface area contributed by atoms with E-state index in [2.05, 4.69) is 10.1 Å². The molecule has 0 aliphatic rings. The zero-order valence-electron chi connectivity index (χ0n) is 8.99. The van der Waals surface area contributed by atoms with Gasteiger partial charge in [0.1, 0.15) is 0 Å². The fourth-order valence-corrected chi connectivity index (χ4v) is 1.59. The molecule has 0 aromatic rings. The molecule has 1 atom stereocenters. The number of ether oxygens (including phenoxy) is 1. The van der Waals surface area contributed by atoms with Crippen LogP contribution < -0.4 is 5.32 Å². The molecule has 0 saturated carbocycles. The first-order valence-electron chi connectivity index (χ1n) is 4.70. The third kappa shape index (κ3) is 7.21. The lowest BCUT2D eigenvalue weighted by molar-refractivity contribution is -0.142. The van der Waals surface area contributed by atoms with Crippen LogP contribution in [0.25, 0.3) is 0 Å². The van der Waals surface area contributed by atoms with E-state index in [9.17, 15) is 9.59 Å². The van der Waals surface area contributed by atoms with E-state index < -0.39 is 12.0 Å². The number of carbonyl (C=O) groups excluding carboxylic acids is 1. The van der Waals surface area contributed by atoms with Gasteiger partial charge in [-0.3, -0.25) is 4.79 Å². The molecule has 15 heavy (non-hydrogen) atoms. The summed E-state index contributed by atoms with van der Waals surface area (Å²) in [7, 11) is 1.40. The first-order valence-corrected chi connectivity index (χ1v) is 5.86. The van der Waals surface area contributed by atoms with Gasteiger partial charge in [0.15, 0.2) is 6.04 Å². The Balaban J connectivity index is 3.84. The van der Waals surface area contributed by atoms with Crippen molar-refractivity contribution in [3.8, 4) is 0 Å². The van der Waals surface area contributed by atoms with Crippen molar-refractivity contribution in [3.05, 3.63) is 0 Å². The lowest BCUT2D eigenvalue weighted by atomic mass is 10.3. The first-order chi connectivity index (χ1) is 7.11. The Kier molecular flexibility index (Phi) is 8.12. The number of hydrogen-bond acceptors (Lipinski definition) is 4. The number of carboxylic acids is 1. The molecule has 88 valence electrons. The average Bonchev–Trinajstić information content (AvgIpc) is 2.17. The minimum Gasteiger partial charge on any atom is -0.480 e. The van der Waals surface area contributed by atoms with Gasteiger partial charge in [-0.2, -0.15) is 11.8 Å². The van der Waals surface area contributed by atoms with E-state index in [-0.39, 0.29) is 12.5 Å². The maximum atomic E-state index is 11.3. The van der Waals surface area contributed by atoms with Crippen molar-refractivity contribution in [2.45, 2.75) is 19.4 Å². The highest BCUT2D eigenvalue weighted by molar-refractivity contribution is 7.99. The molecule has 0 radical (unpaired) electrons. The molecule has 0 rings (SSSR count). The third-order valence-corrected chi connectivity index (χ3v) is 2.71. The second kappa shape index (κ2) is 8.55.